The number of aromatic amines is 1. The van der Waals surface area contributed by atoms with Gasteiger partial charge in [0, 0.05) is 5.69 Å². The Bertz CT molecular complexity index is 711. The average Bonchev–Trinajstić information content (AvgIpc) is 2.97. The fourth-order valence-electron chi connectivity index (χ4n) is 1.96. The predicted molar refractivity (Wildman–Crippen MR) is 86.1 cm³/mol. The summed E-state index contributed by atoms with van der Waals surface area (Å²) in [6.45, 7) is 1.96. The molecule has 0 fully saturated rings. The third-order valence-electron chi connectivity index (χ3n) is 2.89. The van der Waals surface area contributed by atoms with Gasteiger partial charge in [-0.1, -0.05) is 37.3 Å². The Labute approximate surface area is 127 Å². The van der Waals surface area contributed by atoms with Crippen LogP contribution in [0.3, 0.4) is 0 Å². The molecule has 1 aromatic carbocycles. The van der Waals surface area contributed by atoms with Crippen molar-refractivity contribution >= 4 is 22.6 Å². The number of nitrogens with zero attached hydrogens (tertiary/aromatic N) is 1. The van der Waals surface area contributed by atoms with Crippen molar-refractivity contribution < 1.29 is 4.79 Å². The predicted octanol–water partition coefficient (Wildman–Crippen LogP) is 3.15. The van der Waals surface area contributed by atoms with Crippen LogP contribution in [-0.2, 0) is 4.79 Å². The number of hydrogen-bond donors (Lipinski definition) is 2. The van der Waals surface area contributed by atoms with E-state index in [9.17, 15) is 4.79 Å². The minimum atomic E-state index is -0.704. The first kappa shape index (κ1) is 14.9. The van der Waals surface area contributed by atoms with Crippen LogP contribution >= 0.6 is 11.8 Å². The van der Waals surface area contributed by atoms with Gasteiger partial charge in [-0.05, 0) is 23.4 Å². The van der Waals surface area contributed by atoms with E-state index in [4.69, 9.17) is 11.0 Å². The molecular weight excluding hydrogens is 282 g/mol. The fraction of sp³-hybridized carbons (Fsp3) is 0.125. The van der Waals surface area contributed by atoms with E-state index >= 15 is 0 Å². The van der Waals surface area contributed by atoms with Gasteiger partial charge < -0.3 is 10.7 Å². The standard InChI is InChI=1S/C16H15N3OS/c1-2-21-15(12(10-17)16(18)20)14-9-8-13(19-14)11-6-4-3-5-7-11/h3-9,19H,2H2,1H3,(H2,18,20)/b15-12+. The minimum absolute atomic E-state index is 0.0108. The van der Waals surface area contributed by atoms with E-state index in [0.29, 0.717) is 4.91 Å². The summed E-state index contributed by atoms with van der Waals surface area (Å²) in [7, 11) is 0. The van der Waals surface area contributed by atoms with Crippen LogP contribution < -0.4 is 5.73 Å². The maximum atomic E-state index is 11.4. The third kappa shape index (κ3) is 3.36. The number of nitrogens with one attached hydrogen (secondary N) is 1. The molecule has 0 bridgehead atoms. The Morgan fingerprint density at radius 1 is 1.29 bits per heavy atom. The maximum absolute atomic E-state index is 11.4. The van der Waals surface area contributed by atoms with Gasteiger partial charge in [0.2, 0.25) is 0 Å². The fourth-order valence-corrected chi connectivity index (χ4v) is 2.81. The van der Waals surface area contributed by atoms with Crippen molar-refractivity contribution in [2.45, 2.75) is 6.92 Å². The van der Waals surface area contributed by atoms with Crippen LogP contribution in [-0.4, -0.2) is 16.6 Å². The number of hydrogen-bond acceptors (Lipinski definition) is 3. The molecule has 1 amide bonds. The first-order valence-electron chi connectivity index (χ1n) is 6.49. The molecule has 0 unspecified atom stereocenters. The summed E-state index contributed by atoms with van der Waals surface area (Å²) in [4.78, 5) is 15.3. The van der Waals surface area contributed by atoms with Crippen molar-refractivity contribution in [3.05, 3.63) is 53.7 Å². The Balaban J connectivity index is 2.47. The summed E-state index contributed by atoms with van der Waals surface area (Å²) < 4.78 is 0. The van der Waals surface area contributed by atoms with E-state index in [0.717, 1.165) is 22.7 Å². The molecule has 106 valence electrons. The monoisotopic (exact) mass is 297 g/mol. The first-order chi connectivity index (χ1) is 10.2. The molecule has 0 saturated carbocycles. The minimum Gasteiger partial charge on any atom is -0.365 e. The van der Waals surface area contributed by atoms with Crippen LogP contribution in [0.4, 0.5) is 0 Å². The molecule has 21 heavy (non-hydrogen) atoms. The highest BCUT2D eigenvalue weighted by atomic mass is 32.2. The number of amides is 1. The lowest BCUT2D eigenvalue weighted by atomic mass is 10.2. The summed E-state index contributed by atoms with van der Waals surface area (Å²) in [6.07, 6.45) is 0. The molecule has 0 radical (unpaired) electrons. The van der Waals surface area contributed by atoms with Crippen LogP contribution in [0.25, 0.3) is 16.2 Å². The number of H-pyrrole nitrogens is 1. The Morgan fingerprint density at radius 2 is 2.00 bits per heavy atom. The average molecular weight is 297 g/mol. The summed E-state index contributed by atoms with van der Waals surface area (Å²) in [5.41, 5.74) is 7.98. The molecule has 4 nitrogen and oxygen atoms in total. The highest BCUT2D eigenvalue weighted by Gasteiger charge is 2.16. The molecular formula is C16H15N3OS. The molecule has 2 aromatic rings. The summed E-state index contributed by atoms with van der Waals surface area (Å²) in [5, 5.41) is 9.14. The van der Waals surface area contributed by atoms with Crippen LogP contribution in [0, 0.1) is 11.3 Å². The summed E-state index contributed by atoms with van der Waals surface area (Å²) in [5.74, 6) is 0.0392. The Kier molecular flexibility index (Phi) is 4.85. The molecule has 0 aliphatic rings. The number of thioether (sulfide) groups is 1. The maximum Gasteiger partial charge on any atom is 0.260 e. The molecule has 5 heteroatoms. The Morgan fingerprint density at radius 3 is 2.57 bits per heavy atom. The molecule has 3 N–H and O–H groups in total. The van der Waals surface area contributed by atoms with Crippen LogP contribution in [0.5, 0.6) is 0 Å². The third-order valence-corrected chi connectivity index (χ3v) is 3.89. The van der Waals surface area contributed by atoms with Gasteiger partial charge in [0.1, 0.15) is 11.6 Å². The van der Waals surface area contributed by atoms with Gasteiger partial charge in [-0.15, -0.1) is 11.8 Å². The first-order valence-corrected chi connectivity index (χ1v) is 7.47. The molecule has 0 aliphatic heterocycles. The van der Waals surface area contributed by atoms with Gasteiger partial charge in [0.25, 0.3) is 5.91 Å². The van der Waals surface area contributed by atoms with Gasteiger partial charge in [-0.2, -0.15) is 5.26 Å². The molecule has 1 aromatic heterocycles. The van der Waals surface area contributed by atoms with E-state index in [1.807, 2.05) is 55.5 Å². The lowest BCUT2D eigenvalue weighted by Crippen LogP contribution is -2.14. The van der Waals surface area contributed by atoms with Crippen LogP contribution in [0.15, 0.2) is 48.0 Å². The number of carbonyl (C=O) groups is 1. The van der Waals surface area contributed by atoms with Gasteiger partial charge >= 0.3 is 0 Å². The molecule has 0 atom stereocenters. The summed E-state index contributed by atoms with van der Waals surface area (Å²) in [6, 6.07) is 15.5. The topological polar surface area (TPSA) is 82.7 Å². The molecule has 2 rings (SSSR count). The number of carbonyl (C=O) groups excluding carboxylic acids is 1. The zero-order valence-corrected chi connectivity index (χ0v) is 12.4. The van der Waals surface area contributed by atoms with E-state index < -0.39 is 5.91 Å². The van der Waals surface area contributed by atoms with Crippen molar-refractivity contribution in [1.82, 2.24) is 4.98 Å². The SMILES string of the molecule is CCS/C(=C(\C#N)C(N)=O)c1ccc(-c2ccccc2)[nH]1. The van der Waals surface area contributed by atoms with Gasteiger partial charge in [-0.3, -0.25) is 4.79 Å². The lowest BCUT2D eigenvalue weighted by molar-refractivity contribution is -0.114. The normalized spacial score (nSPS) is 11.6. The van der Waals surface area contributed by atoms with E-state index in [1.165, 1.54) is 11.8 Å². The highest BCUT2D eigenvalue weighted by Crippen LogP contribution is 2.31. The van der Waals surface area contributed by atoms with Crippen molar-refractivity contribution in [3.8, 4) is 17.3 Å². The largest absolute Gasteiger partial charge is 0.365 e. The molecule has 0 saturated heterocycles. The highest BCUT2D eigenvalue weighted by molar-refractivity contribution is 8.08. The van der Waals surface area contributed by atoms with Crippen molar-refractivity contribution in [2.75, 3.05) is 5.75 Å². The van der Waals surface area contributed by atoms with E-state index in [-0.39, 0.29) is 5.57 Å². The number of aromatic nitrogens is 1. The zero-order valence-electron chi connectivity index (χ0n) is 11.6. The van der Waals surface area contributed by atoms with Crippen molar-refractivity contribution in [2.24, 2.45) is 5.73 Å². The quantitative estimate of drug-likeness (QED) is 0.657. The van der Waals surface area contributed by atoms with Crippen LogP contribution in [0.1, 0.15) is 12.6 Å². The smallest absolute Gasteiger partial charge is 0.260 e. The summed E-state index contributed by atoms with van der Waals surface area (Å²) >= 11 is 1.42. The molecule has 0 spiro atoms. The van der Waals surface area contributed by atoms with Crippen LogP contribution in [0.2, 0.25) is 0 Å². The van der Waals surface area contributed by atoms with E-state index in [1.54, 1.807) is 0 Å². The second-order valence-corrected chi connectivity index (χ2v) is 5.54. The molecule has 1 heterocycles. The molecule has 0 aliphatic carbocycles. The second-order valence-electron chi connectivity index (χ2n) is 4.26. The Hall–Kier alpha value is -2.45. The van der Waals surface area contributed by atoms with Crippen molar-refractivity contribution in [1.29, 1.82) is 5.26 Å². The van der Waals surface area contributed by atoms with Crippen molar-refractivity contribution in [3.63, 3.8) is 0 Å². The zero-order chi connectivity index (χ0) is 15.2. The number of benzene rings is 1. The van der Waals surface area contributed by atoms with Gasteiger partial charge in [0.15, 0.2) is 0 Å². The lowest BCUT2D eigenvalue weighted by Gasteiger charge is -2.05. The number of rotatable bonds is 5. The number of primary amides is 1. The number of nitrogens with two attached hydrogens (primary N) is 1. The number of nitriles is 1. The van der Waals surface area contributed by atoms with E-state index in [2.05, 4.69) is 4.98 Å². The second kappa shape index (κ2) is 6.82. The van der Waals surface area contributed by atoms with Gasteiger partial charge in [-0.25, -0.2) is 0 Å². The van der Waals surface area contributed by atoms with Gasteiger partial charge in [0.05, 0.1) is 10.6 Å².